The Labute approximate surface area is 155 Å². The predicted octanol–water partition coefficient (Wildman–Crippen LogP) is 4.05. The summed E-state index contributed by atoms with van der Waals surface area (Å²) in [6.07, 6.45) is 0.623. The Kier molecular flexibility index (Phi) is 5.15. The molecule has 1 heterocycles. The number of halogens is 1. The first-order valence-electron chi connectivity index (χ1n) is 7.14. The van der Waals surface area contributed by atoms with E-state index in [1.165, 1.54) is 29.5 Å². The molecule has 25 heavy (non-hydrogen) atoms. The summed E-state index contributed by atoms with van der Waals surface area (Å²) in [4.78, 5) is 22.7. The van der Waals surface area contributed by atoms with Gasteiger partial charge < -0.3 is 0 Å². The standard InChI is InChI=1S/C16H11BrN4O3S/c17-12-7-6-11(9-13(12)21(23)24)15(22)18-16-20-19-14(25-16)8-10-4-2-1-3-5-10/h1-7,9H,8H2,(H,18,20,22). The summed E-state index contributed by atoms with van der Waals surface area (Å²) in [5.74, 6) is -0.474. The van der Waals surface area contributed by atoms with E-state index in [0.717, 1.165) is 10.6 Å². The lowest BCUT2D eigenvalue weighted by Gasteiger charge is -2.02. The van der Waals surface area contributed by atoms with Crippen LogP contribution in [0.25, 0.3) is 0 Å². The monoisotopic (exact) mass is 418 g/mol. The lowest BCUT2D eigenvalue weighted by Crippen LogP contribution is -2.12. The molecule has 0 radical (unpaired) electrons. The molecule has 1 aromatic heterocycles. The number of carbonyl (C=O) groups excluding carboxylic acids is 1. The zero-order valence-electron chi connectivity index (χ0n) is 12.7. The van der Waals surface area contributed by atoms with E-state index in [2.05, 4.69) is 31.4 Å². The molecule has 0 saturated heterocycles. The van der Waals surface area contributed by atoms with Gasteiger partial charge in [0.05, 0.1) is 9.40 Å². The molecule has 0 bridgehead atoms. The fraction of sp³-hybridized carbons (Fsp3) is 0.0625. The van der Waals surface area contributed by atoms with Gasteiger partial charge in [-0.05, 0) is 33.6 Å². The first-order valence-corrected chi connectivity index (χ1v) is 8.75. The quantitative estimate of drug-likeness (QED) is 0.497. The summed E-state index contributed by atoms with van der Waals surface area (Å²) in [6.45, 7) is 0. The maximum absolute atomic E-state index is 12.3. The van der Waals surface area contributed by atoms with Crippen LogP contribution in [-0.4, -0.2) is 21.0 Å². The number of hydrogen-bond acceptors (Lipinski definition) is 6. The Morgan fingerprint density at radius 1 is 1.20 bits per heavy atom. The number of hydrogen-bond donors (Lipinski definition) is 1. The molecule has 0 fully saturated rings. The SMILES string of the molecule is O=C(Nc1nnc(Cc2ccccc2)s1)c1ccc(Br)c([N+](=O)[O-])c1. The summed E-state index contributed by atoms with van der Waals surface area (Å²) in [5.41, 5.74) is 1.10. The highest BCUT2D eigenvalue weighted by atomic mass is 79.9. The molecule has 0 saturated carbocycles. The zero-order valence-corrected chi connectivity index (χ0v) is 15.1. The number of nitrogens with zero attached hydrogens (tertiary/aromatic N) is 3. The Bertz CT molecular complexity index is 930. The molecule has 1 N–H and O–H groups in total. The van der Waals surface area contributed by atoms with E-state index in [0.29, 0.717) is 16.0 Å². The Morgan fingerprint density at radius 3 is 2.68 bits per heavy atom. The van der Waals surface area contributed by atoms with Gasteiger partial charge >= 0.3 is 0 Å². The normalized spacial score (nSPS) is 10.4. The third kappa shape index (κ3) is 4.25. The van der Waals surface area contributed by atoms with Crippen molar-refractivity contribution in [3.63, 3.8) is 0 Å². The van der Waals surface area contributed by atoms with Gasteiger partial charge in [0.15, 0.2) is 0 Å². The lowest BCUT2D eigenvalue weighted by molar-refractivity contribution is -0.385. The van der Waals surface area contributed by atoms with E-state index in [1.807, 2.05) is 30.3 Å². The number of anilines is 1. The van der Waals surface area contributed by atoms with E-state index in [9.17, 15) is 14.9 Å². The van der Waals surface area contributed by atoms with Crippen molar-refractivity contribution in [1.82, 2.24) is 10.2 Å². The second kappa shape index (κ2) is 7.49. The molecule has 7 nitrogen and oxygen atoms in total. The van der Waals surface area contributed by atoms with Crippen LogP contribution in [0.2, 0.25) is 0 Å². The number of nitro groups is 1. The van der Waals surface area contributed by atoms with Crippen molar-refractivity contribution in [1.29, 1.82) is 0 Å². The van der Waals surface area contributed by atoms with Gasteiger partial charge in [-0.15, -0.1) is 10.2 Å². The van der Waals surface area contributed by atoms with E-state index in [1.54, 1.807) is 0 Å². The first-order chi connectivity index (χ1) is 12.0. The molecule has 0 aliphatic rings. The maximum atomic E-state index is 12.3. The molecule has 0 aliphatic heterocycles. The van der Waals surface area contributed by atoms with Gasteiger partial charge in [0, 0.05) is 18.1 Å². The van der Waals surface area contributed by atoms with Gasteiger partial charge in [-0.1, -0.05) is 41.7 Å². The number of rotatable bonds is 5. The molecule has 126 valence electrons. The molecule has 0 atom stereocenters. The molecular formula is C16H11BrN4O3S. The molecule has 9 heteroatoms. The average Bonchev–Trinajstić information content (AvgIpc) is 3.02. The van der Waals surface area contributed by atoms with Crippen molar-refractivity contribution in [2.45, 2.75) is 6.42 Å². The fourth-order valence-electron chi connectivity index (χ4n) is 2.11. The smallest absolute Gasteiger partial charge is 0.284 e. The Hall–Kier alpha value is -2.65. The number of nitro benzene ring substituents is 1. The second-order valence-corrected chi connectivity index (χ2v) is 6.96. The minimum atomic E-state index is -0.552. The predicted molar refractivity (Wildman–Crippen MR) is 97.9 cm³/mol. The van der Waals surface area contributed by atoms with Crippen molar-refractivity contribution >= 4 is 44.0 Å². The van der Waals surface area contributed by atoms with Gasteiger partial charge in [-0.2, -0.15) is 0 Å². The first kappa shape index (κ1) is 17.2. The highest BCUT2D eigenvalue weighted by Gasteiger charge is 2.17. The topological polar surface area (TPSA) is 98.0 Å². The zero-order chi connectivity index (χ0) is 17.8. The van der Waals surface area contributed by atoms with Crippen LogP contribution in [-0.2, 0) is 6.42 Å². The van der Waals surface area contributed by atoms with Gasteiger partial charge in [0.2, 0.25) is 5.13 Å². The highest BCUT2D eigenvalue weighted by Crippen LogP contribution is 2.26. The molecule has 0 unspecified atom stereocenters. The molecular weight excluding hydrogens is 408 g/mol. The second-order valence-electron chi connectivity index (χ2n) is 5.04. The van der Waals surface area contributed by atoms with E-state index < -0.39 is 10.8 Å². The number of amides is 1. The Morgan fingerprint density at radius 2 is 1.96 bits per heavy atom. The minimum Gasteiger partial charge on any atom is -0.296 e. The molecule has 3 rings (SSSR count). The summed E-state index contributed by atoms with van der Waals surface area (Å²) in [7, 11) is 0. The van der Waals surface area contributed by atoms with Crippen LogP contribution < -0.4 is 5.32 Å². The van der Waals surface area contributed by atoms with E-state index in [-0.39, 0.29) is 11.3 Å². The van der Waals surface area contributed by atoms with Crippen molar-refractivity contribution in [2.24, 2.45) is 0 Å². The van der Waals surface area contributed by atoms with Crippen molar-refractivity contribution < 1.29 is 9.72 Å². The van der Waals surface area contributed by atoms with Crippen molar-refractivity contribution in [2.75, 3.05) is 5.32 Å². The van der Waals surface area contributed by atoms with Crippen LogP contribution in [0.1, 0.15) is 20.9 Å². The number of carbonyl (C=O) groups is 1. The van der Waals surface area contributed by atoms with Crippen LogP contribution in [0.4, 0.5) is 10.8 Å². The summed E-state index contributed by atoms with van der Waals surface area (Å²) < 4.78 is 0.315. The van der Waals surface area contributed by atoms with E-state index in [4.69, 9.17) is 0 Å². The maximum Gasteiger partial charge on any atom is 0.284 e. The lowest BCUT2D eigenvalue weighted by atomic mass is 10.2. The van der Waals surface area contributed by atoms with Crippen LogP contribution in [0, 0.1) is 10.1 Å². The minimum absolute atomic E-state index is 0.172. The Balaban J connectivity index is 1.71. The van der Waals surface area contributed by atoms with Crippen LogP contribution in [0.5, 0.6) is 0 Å². The van der Waals surface area contributed by atoms with Gasteiger partial charge in [0.1, 0.15) is 5.01 Å². The number of aromatic nitrogens is 2. The van der Waals surface area contributed by atoms with Gasteiger partial charge in [0.25, 0.3) is 11.6 Å². The molecule has 2 aromatic carbocycles. The summed E-state index contributed by atoms with van der Waals surface area (Å²) in [6, 6.07) is 14.0. The third-order valence-corrected chi connectivity index (χ3v) is 4.80. The number of benzene rings is 2. The van der Waals surface area contributed by atoms with E-state index >= 15 is 0 Å². The van der Waals surface area contributed by atoms with Crippen LogP contribution in [0.15, 0.2) is 53.0 Å². The molecule has 0 spiro atoms. The summed E-state index contributed by atoms with van der Waals surface area (Å²) >= 11 is 4.36. The third-order valence-electron chi connectivity index (χ3n) is 3.29. The van der Waals surface area contributed by atoms with Crippen molar-refractivity contribution in [3.05, 3.63) is 79.3 Å². The molecule has 1 amide bonds. The fourth-order valence-corrected chi connectivity index (χ4v) is 3.27. The number of nitrogens with one attached hydrogen (secondary N) is 1. The van der Waals surface area contributed by atoms with Crippen LogP contribution >= 0.6 is 27.3 Å². The van der Waals surface area contributed by atoms with Crippen molar-refractivity contribution in [3.8, 4) is 0 Å². The van der Waals surface area contributed by atoms with Gasteiger partial charge in [-0.3, -0.25) is 20.2 Å². The van der Waals surface area contributed by atoms with Crippen LogP contribution in [0.3, 0.4) is 0 Å². The summed E-state index contributed by atoms with van der Waals surface area (Å²) in [5, 5.41) is 22.7. The molecule has 3 aromatic rings. The molecule has 0 aliphatic carbocycles. The highest BCUT2D eigenvalue weighted by molar-refractivity contribution is 9.10. The average molecular weight is 419 g/mol. The largest absolute Gasteiger partial charge is 0.296 e. The van der Waals surface area contributed by atoms with Gasteiger partial charge in [-0.25, -0.2) is 0 Å².